The highest BCUT2D eigenvalue weighted by Crippen LogP contribution is 2.35. The van der Waals surface area contributed by atoms with Crippen LogP contribution in [0.3, 0.4) is 0 Å². The molecule has 0 spiro atoms. The van der Waals surface area contributed by atoms with Crippen LogP contribution in [0.25, 0.3) is 0 Å². The molecule has 1 saturated heterocycles. The van der Waals surface area contributed by atoms with Crippen LogP contribution >= 0.6 is 0 Å². The fourth-order valence-electron chi connectivity index (χ4n) is 5.69. The Morgan fingerprint density at radius 1 is 1.16 bits per heavy atom. The lowest BCUT2D eigenvalue weighted by Gasteiger charge is -2.39. The molecule has 2 aliphatic rings. The second-order valence-corrected chi connectivity index (χ2v) is 12.2. The van der Waals surface area contributed by atoms with Gasteiger partial charge >= 0.3 is 0 Å². The molecular formula is C31H44N4O3. The number of nitrogens with one attached hydrogen (secondary N) is 2. The maximum Gasteiger partial charge on any atom is 0.248 e. The first kappa shape index (κ1) is 28.2. The molecule has 2 aromatic rings. The minimum Gasteiger partial charge on any atom is -0.392 e. The van der Waals surface area contributed by atoms with Crippen LogP contribution < -0.4 is 15.5 Å². The first-order chi connectivity index (χ1) is 18.1. The van der Waals surface area contributed by atoms with E-state index in [1.54, 1.807) is 17.3 Å². The van der Waals surface area contributed by atoms with Crippen molar-refractivity contribution in [2.45, 2.75) is 103 Å². The Bertz CT molecular complexity index is 1110. The summed E-state index contributed by atoms with van der Waals surface area (Å²) >= 11 is 0. The SMILES string of the molecule is Cc1cc(C(C)(C)C)ccc1N(C(=O)C1CC(C)C(O)CN1)C(C(=O)NC1CCCCC1)c1cccnc1. The number of amides is 2. The van der Waals surface area contributed by atoms with Crippen LogP contribution in [0.4, 0.5) is 5.69 Å². The molecule has 4 atom stereocenters. The van der Waals surface area contributed by atoms with Crippen molar-refractivity contribution in [1.82, 2.24) is 15.6 Å². The Labute approximate surface area is 227 Å². The molecule has 2 amide bonds. The van der Waals surface area contributed by atoms with Gasteiger partial charge < -0.3 is 15.7 Å². The average molecular weight is 521 g/mol. The van der Waals surface area contributed by atoms with Crippen molar-refractivity contribution in [2.75, 3.05) is 11.4 Å². The third-order valence-electron chi connectivity index (χ3n) is 8.15. The molecule has 206 valence electrons. The minimum absolute atomic E-state index is 0.0238. The summed E-state index contributed by atoms with van der Waals surface area (Å²) in [5, 5.41) is 16.8. The van der Waals surface area contributed by atoms with Gasteiger partial charge in [-0.3, -0.25) is 19.5 Å². The number of aliphatic hydroxyl groups excluding tert-OH is 1. The van der Waals surface area contributed by atoms with Crippen LogP contribution in [0.5, 0.6) is 0 Å². The monoisotopic (exact) mass is 520 g/mol. The van der Waals surface area contributed by atoms with Gasteiger partial charge in [0.05, 0.1) is 12.1 Å². The summed E-state index contributed by atoms with van der Waals surface area (Å²) in [4.78, 5) is 34.4. The summed E-state index contributed by atoms with van der Waals surface area (Å²) < 4.78 is 0. The molecule has 1 aliphatic carbocycles. The van der Waals surface area contributed by atoms with E-state index in [1.807, 2.05) is 32.0 Å². The molecule has 2 fully saturated rings. The highest BCUT2D eigenvalue weighted by molar-refractivity contribution is 6.04. The van der Waals surface area contributed by atoms with Crippen LogP contribution in [-0.4, -0.2) is 46.6 Å². The molecule has 1 aromatic carbocycles. The molecule has 1 aliphatic heterocycles. The van der Waals surface area contributed by atoms with Crippen molar-refractivity contribution in [1.29, 1.82) is 0 Å². The third-order valence-corrected chi connectivity index (χ3v) is 8.15. The summed E-state index contributed by atoms with van der Waals surface area (Å²) in [5.74, 6) is -0.367. The number of pyridine rings is 1. The van der Waals surface area contributed by atoms with E-state index >= 15 is 0 Å². The van der Waals surface area contributed by atoms with Gasteiger partial charge in [0.1, 0.15) is 6.04 Å². The number of aliphatic hydroxyl groups is 1. The molecule has 4 unspecified atom stereocenters. The van der Waals surface area contributed by atoms with E-state index in [-0.39, 0.29) is 29.2 Å². The number of carbonyl (C=O) groups is 2. The second kappa shape index (κ2) is 12.0. The summed E-state index contributed by atoms with van der Waals surface area (Å²) in [5.41, 5.74) is 3.46. The normalized spacial score (nSPS) is 23.5. The summed E-state index contributed by atoms with van der Waals surface area (Å²) in [6.07, 6.45) is 8.68. The van der Waals surface area contributed by atoms with E-state index < -0.39 is 18.2 Å². The summed E-state index contributed by atoms with van der Waals surface area (Å²) in [6, 6.07) is 8.59. The Morgan fingerprint density at radius 2 is 1.89 bits per heavy atom. The van der Waals surface area contributed by atoms with Gasteiger partial charge in [-0.05, 0) is 60.8 Å². The van der Waals surface area contributed by atoms with Gasteiger partial charge in [0.15, 0.2) is 0 Å². The number of nitrogens with zero attached hydrogens (tertiary/aromatic N) is 2. The molecule has 1 aromatic heterocycles. The van der Waals surface area contributed by atoms with Crippen LogP contribution in [0.15, 0.2) is 42.7 Å². The number of carbonyl (C=O) groups excluding carboxylic acids is 2. The van der Waals surface area contributed by atoms with Crippen molar-refractivity contribution in [3.63, 3.8) is 0 Å². The van der Waals surface area contributed by atoms with Gasteiger partial charge in [-0.15, -0.1) is 0 Å². The highest BCUT2D eigenvalue weighted by Gasteiger charge is 2.40. The maximum atomic E-state index is 14.4. The fourth-order valence-corrected chi connectivity index (χ4v) is 5.69. The molecule has 7 nitrogen and oxygen atoms in total. The van der Waals surface area contributed by atoms with Crippen LogP contribution in [0.1, 0.15) is 89.0 Å². The molecule has 4 rings (SSSR count). The number of hydrogen-bond acceptors (Lipinski definition) is 5. The van der Waals surface area contributed by atoms with Crippen LogP contribution in [0.2, 0.25) is 0 Å². The summed E-state index contributed by atoms with van der Waals surface area (Å²) in [7, 11) is 0. The summed E-state index contributed by atoms with van der Waals surface area (Å²) in [6.45, 7) is 10.8. The third kappa shape index (κ3) is 6.44. The first-order valence-corrected chi connectivity index (χ1v) is 14.1. The quantitative estimate of drug-likeness (QED) is 0.519. The van der Waals surface area contributed by atoms with Gasteiger partial charge in [0, 0.05) is 36.2 Å². The van der Waals surface area contributed by atoms with E-state index in [0.29, 0.717) is 18.5 Å². The zero-order chi connectivity index (χ0) is 27.4. The molecule has 38 heavy (non-hydrogen) atoms. The number of β-amino-alcohol motifs (C(OH)–C–C–N with tert-alkyl or cyclic N) is 1. The number of hydrogen-bond donors (Lipinski definition) is 3. The van der Waals surface area contributed by atoms with Gasteiger partial charge in [-0.1, -0.05) is 65.2 Å². The number of anilines is 1. The number of aromatic nitrogens is 1. The lowest BCUT2D eigenvalue weighted by Crippen LogP contribution is -2.57. The molecule has 0 radical (unpaired) electrons. The molecule has 1 saturated carbocycles. The minimum atomic E-state index is -0.860. The predicted molar refractivity (Wildman–Crippen MR) is 151 cm³/mol. The lowest BCUT2D eigenvalue weighted by molar-refractivity contribution is -0.128. The van der Waals surface area contributed by atoms with Gasteiger partial charge in [0.25, 0.3) is 0 Å². The smallest absolute Gasteiger partial charge is 0.248 e. The number of rotatable bonds is 6. The lowest BCUT2D eigenvalue weighted by atomic mass is 9.85. The largest absolute Gasteiger partial charge is 0.392 e. The van der Waals surface area contributed by atoms with Gasteiger partial charge in [0.2, 0.25) is 11.8 Å². The molecule has 2 heterocycles. The number of piperidine rings is 1. The number of benzene rings is 1. The first-order valence-electron chi connectivity index (χ1n) is 14.1. The van der Waals surface area contributed by atoms with Gasteiger partial charge in [-0.2, -0.15) is 0 Å². The highest BCUT2D eigenvalue weighted by atomic mass is 16.3. The van der Waals surface area contributed by atoms with Crippen molar-refractivity contribution in [3.8, 4) is 0 Å². The fraction of sp³-hybridized carbons (Fsp3) is 0.581. The Morgan fingerprint density at radius 3 is 2.50 bits per heavy atom. The zero-order valence-corrected chi connectivity index (χ0v) is 23.5. The number of aryl methyl sites for hydroxylation is 1. The van der Waals surface area contributed by atoms with E-state index in [2.05, 4.69) is 48.5 Å². The standard InChI is InChI=1S/C31H44N4O3/c1-20-16-23(31(3,4)5)13-14-26(20)35(30(38)25-17-21(2)27(36)19-33-25)28(22-10-9-15-32-18-22)29(37)34-24-11-7-6-8-12-24/h9-10,13-16,18,21,24-25,27-28,33,36H,6-8,11-12,17,19H2,1-5H3,(H,34,37). The second-order valence-electron chi connectivity index (χ2n) is 12.2. The van der Waals surface area contributed by atoms with Crippen molar-refractivity contribution in [3.05, 3.63) is 59.4 Å². The molecule has 7 heteroatoms. The van der Waals surface area contributed by atoms with E-state index in [9.17, 15) is 14.7 Å². The predicted octanol–water partition coefficient (Wildman–Crippen LogP) is 4.57. The van der Waals surface area contributed by atoms with Crippen molar-refractivity contribution in [2.24, 2.45) is 5.92 Å². The maximum absolute atomic E-state index is 14.4. The average Bonchev–Trinajstić information content (AvgIpc) is 2.89. The molecule has 3 N–H and O–H groups in total. The van der Waals surface area contributed by atoms with E-state index in [1.165, 1.54) is 12.0 Å². The topological polar surface area (TPSA) is 94.6 Å². The van der Waals surface area contributed by atoms with Crippen molar-refractivity contribution >= 4 is 17.5 Å². The molecule has 0 bridgehead atoms. The molecular weight excluding hydrogens is 476 g/mol. The van der Waals surface area contributed by atoms with Crippen LogP contribution in [0, 0.1) is 12.8 Å². The van der Waals surface area contributed by atoms with Crippen molar-refractivity contribution < 1.29 is 14.7 Å². The van der Waals surface area contributed by atoms with E-state index in [0.717, 1.165) is 36.9 Å². The Balaban J connectivity index is 1.79. The Hall–Kier alpha value is -2.77. The zero-order valence-electron chi connectivity index (χ0n) is 23.5. The Kier molecular flexibility index (Phi) is 8.89. The van der Waals surface area contributed by atoms with Crippen LogP contribution in [-0.2, 0) is 15.0 Å². The van der Waals surface area contributed by atoms with Gasteiger partial charge in [-0.25, -0.2) is 0 Å². The van der Waals surface area contributed by atoms with E-state index in [4.69, 9.17) is 0 Å².